The smallest absolute Gasteiger partial charge is 0.341 e. The summed E-state index contributed by atoms with van der Waals surface area (Å²) in [6.07, 6.45) is 10.8. The van der Waals surface area contributed by atoms with Crippen molar-refractivity contribution in [2.45, 2.75) is 56.0 Å². The summed E-state index contributed by atoms with van der Waals surface area (Å²) in [5, 5.41) is 0. The highest BCUT2D eigenvalue weighted by atomic mass is 16.6. The first-order chi connectivity index (χ1) is 15.6. The second kappa shape index (κ2) is 7.32. The molecule has 6 rings (SSSR count). The SMILES string of the molecule is O=C1O[C@]2(CCN(C(=O)C3(c4ccc(OCC5CCCC5)cc4)CC3)C2)c2ccncc21. The van der Waals surface area contributed by atoms with E-state index in [9.17, 15) is 9.59 Å². The lowest BCUT2D eigenvalue weighted by molar-refractivity contribution is -0.134. The van der Waals surface area contributed by atoms with Gasteiger partial charge >= 0.3 is 5.97 Å². The minimum atomic E-state index is -0.723. The van der Waals surface area contributed by atoms with Crippen molar-refractivity contribution in [1.82, 2.24) is 9.88 Å². The van der Waals surface area contributed by atoms with Gasteiger partial charge in [-0.05, 0) is 55.4 Å². The molecule has 1 aromatic heterocycles. The maximum absolute atomic E-state index is 13.6. The number of esters is 1. The number of hydrogen-bond acceptors (Lipinski definition) is 5. The number of carbonyl (C=O) groups excluding carboxylic acids is 2. The van der Waals surface area contributed by atoms with E-state index in [1.807, 2.05) is 23.1 Å². The molecule has 1 atom stereocenters. The van der Waals surface area contributed by atoms with E-state index in [2.05, 4.69) is 17.1 Å². The molecule has 1 spiro atoms. The predicted octanol–water partition coefficient (Wildman–Crippen LogP) is 3.98. The van der Waals surface area contributed by atoms with Crippen molar-refractivity contribution in [3.63, 3.8) is 0 Å². The van der Waals surface area contributed by atoms with Crippen LogP contribution in [0.5, 0.6) is 5.75 Å². The van der Waals surface area contributed by atoms with E-state index in [4.69, 9.17) is 9.47 Å². The van der Waals surface area contributed by atoms with E-state index in [0.29, 0.717) is 31.0 Å². The Bertz CT molecular complexity index is 1060. The maximum atomic E-state index is 13.6. The van der Waals surface area contributed by atoms with Gasteiger partial charge in [0.2, 0.25) is 5.91 Å². The Morgan fingerprint density at radius 1 is 1.12 bits per heavy atom. The molecule has 166 valence electrons. The second-order valence-electron chi connectivity index (χ2n) is 9.85. The third kappa shape index (κ3) is 3.11. The molecule has 0 radical (unpaired) electrons. The number of carbonyl (C=O) groups is 2. The summed E-state index contributed by atoms with van der Waals surface area (Å²) in [5.74, 6) is 1.37. The Balaban J connectivity index is 1.15. The summed E-state index contributed by atoms with van der Waals surface area (Å²) < 4.78 is 11.8. The van der Waals surface area contributed by atoms with E-state index in [-0.39, 0.29) is 11.9 Å². The molecule has 2 aromatic rings. The highest BCUT2D eigenvalue weighted by Crippen LogP contribution is 2.52. The van der Waals surface area contributed by atoms with E-state index in [0.717, 1.165) is 36.3 Å². The average Bonchev–Trinajstić information content (AvgIpc) is 3.16. The Labute approximate surface area is 187 Å². The number of benzene rings is 1. The molecule has 2 aliphatic carbocycles. The van der Waals surface area contributed by atoms with Crippen LogP contribution in [0.15, 0.2) is 42.7 Å². The van der Waals surface area contributed by atoms with Crippen LogP contribution in [0.3, 0.4) is 0 Å². The number of pyridine rings is 1. The van der Waals surface area contributed by atoms with Crippen LogP contribution in [-0.4, -0.2) is 41.5 Å². The van der Waals surface area contributed by atoms with Crippen molar-refractivity contribution in [3.05, 3.63) is 59.4 Å². The largest absolute Gasteiger partial charge is 0.493 e. The average molecular weight is 433 g/mol. The van der Waals surface area contributed by atoms with Gasteiger partial charge in [-0.1, -0.05) is 25.0 Å². The van der Waals surface area contributed by atoms with Crippen molar-refractivity contribution >= 4 is 11.9 Å². The third-order valence-corrected chi connectivity index (χ3v) is 7.87. The first-order valence-electron chi connectivity index (χ1n) is 11.8. The summed E-state index contributed by atoms with van der Waals surface area (Å²) in [7, 11) is 0. The summed E-state index contributed by atoms with van der Waals surface area (Å²) in [6.45, 7) is 1.80. The lowest BCUT2D eigenvalue weighted by atomic mass is 9.92. The highest BCUT2D eigenvalue weighted by Gasteiger charge is 2.57. The van der Waals surface area contributed by atoms with E-state index in [1.54, 1.807) is 12.4 Å². The fraction of sp³-hybridized carbons (Fsp3) is 0.500. The summed E-state index contributed by atoms with van der Waals surface area (Å²) in [5.41, 5.74) is 1.28. The number of nitrogens with zero attached hydrogens (tertiary/aromatic N) is 2. The zero-order chi connectivity index (χ0) is 21.8. The molecular weight excluding hydrogens is 404 g/mol. The number of likely N-dealkylation sites (tertiary alicyclic amines) is 1. The molecule has 6 nitrogen and oxygen atoms in total. The van der Waals surface area contributed by atoms with Gasteiger partial charge in [0.05, 0.1) is 24.1 Å². The standard InChI is InChI=1S/C26H28N2O4/c29-23-21-15-27-13-9-22(21)26(32-23)12-14-28(17-26)24(30)25(10-11-25)19-5-7-20(8-6-19)31-16-18-3-1-2-4-18/h5-9,13,15,18H,1-4,10-12,14,16-17H2/t26-/m0/s1. The predicted molar refractivity (Wildman–Crippen MR) is 117 cm³/mol. The normalized spacial score (nSPS) is 25.8. The molecule has 3 heterocycles. The molecule has 2 aliphatic heterocycles. The molecule has 0 unspecified atom stereocenters. The van der Waals surface area contributed by atoms with Crippen molar-refractivity contribution in [1.29, 1.82) is 0 Å². The van der Waals surface area contributed by atoms with Crippen LogP contribution in [-0.2, 0) is 20.5 Å². The zero-order valence-corrected chi connectivity index (χ0v) is 18.2. The number of ether oxygens (including phenoxy) is 2. The maximum Gasteiger partial charge on any atom is 0.341 e. The van der Waals surface area contributed by atoms with Gasteiger partial charge in [-0.3, -0.25) is 9.78 Å². The third-order valence-electron chi connectivity index (χ3n) is 7.87. The Hall–Kier alpha value is -2.89. The van der Waals surface area contributed by atoms with Crippen LogP contribution in [0.2, 0.25) is 0 Å². The van der Waals surface area contributed by atoms with Gasteiger partial charge in [-0.15, -0.1) is 0 Å². The minimum absolute atomic E-state index is 0.146. The van der Waals surface area contributed by atoms with Gasteiger partial charge in [-0.2, -0.15) is 0 Å². The zero-order valence-electron chi connectivity index (χ0n) is 18.2. The Kier molecular flexibility index (Phi) is 4.52. The molecule has 32 heavy (non-hydrogen) atoms. The van der Waals surface area contributed by atoms with Gasteiger partial charge in [0.25, 0.3) is 0 Å². The molecule has 1 saturated heterocycles. The summed E-state index contributed by atoms with van der Waals surface area (Å²) in [6, 6.07) is 9.97. The molecule has 0 bridgehead atoms. The fourth-order valence-corrected chi connectivity index (χ4v) is 5.82. The Morgan fingerprint density at radius 2 is 1.91 bits per heavy atom. The molecule has 2 saturated carbocycles. The minimum Gasteiger partial charge on any atom is -0.493 e. The van der Waals surface area contributed by atoms with Crippen molar-refractivity contribution in [2.75, 3.05) is 19.7 Å². The number of aromatic nitrogens is 1. The van der Waals surface area contributed by atoms with Crippen molar-refractivity contribution in [3.8, 4) is 5.75 Å². The summed E-state index contributed by atoms with van der Waals surface area (Å²) >= 11 is 0. The molecule has 6 heteroatoms. The molecular formula is C26H28N2O4. The van der Waals surface area contributed by atoms with Crippen molar-refractivity contribution in [2.24, 2.45) is 5.92 Å². The summed E-state index contributed by atoms with van der Waals surface area (Å²) in [4.78, 5) is 31.9. The van der Waals surface area contributed by atoms with Crippen molar-refractivity contribution < 1.29 is 19.1 Å². The number of hydrogen-bond donors (Lipinski definition) is 0. The van der Waals surface area contributed by atoms with Gasteiger partial charge in [-0.25, -0.2) is 4.79 Å². The molecule has 3 fully saturated rings. The van der Waals surface area contributed by atoms with Crippen LogP contribution in [0.25, 0.3) is 0 Å². The molecule has 1 amide bonds. The van der Waals surface area contributed by atoms with Crippen LogP contribution in [0.1, 0.15) is 66.4 Å². The Morgan fingerprint density at radius 3 is 2.66 bits per heavy atom. The molecule has 4 aliphatic rings. The number of amides is 1. The molecule has 0 N–H and O–H groups in total. The van der Waals surface area contributed by atoms with Gasteiger partial charge in [0.1, 0.15) is 5.75 Å². The lowest BCUT2D eigenvalue weighted by Crippen LogP contribution is -2.40. The van der Waals surface area contributed by atoms with Gasteiger partial charge in [0, 0.05) is 30.9 Å². The fourth-order valence-electron chi connectivity index (χ4n) is 5.82. The first kappa shape index (κ1) is 19.8. The van der Waals surface area contributed by atoms with E-state index in [1.165, 1.54) is 25.7 Å². The highest BCUT2D eigenvalue weighted by molar-refractivity contribution is 5.95. The van der Waals surface area contributed by atoms with Gasteiger partial charge in [0.15, 0.2) is 5.60 Å². The topological polar surface area (TPSA) is 68.7 Å². The van der Waals surface area contributed by atoms with Crippen LogP contribution >= 0.6 is 0 Å². The second-order valence-corrected chi connectivity index (χ2v) is 9.85. The van der Waals surface area contributed by atoms with Crippen LogP contribution in [0.4, 0.5) is 0 Å². The molecule has 1 aromatic carbocycles. The quantitative estimate of drug-likeness (QED) is 0.669. The number of fused-ring (bicyclic) bond motifs is 2. The van der Waals surface area contributed by atoms with E-state index >= 15 is 0 Å². The van der Waals surface area contributed by atoms with Crippen LogP contribution < -0.4 is 4.74 Å². The lowest BCUT2D eigenvalue weighted by Gasteiger charge is -2.27. The van der Waals surface area contributed by atoms with E-state index < -0.39 is 11.0 Å². The first-order valence-corrected chi connectivity index (χ1v) is 11.8. The van der Waals surface area contributed by atoms with Gasteiger partial charge < -0.3 is 14.4 Å². The van der Waals surface area contributed by atoms with Crippen LogP contribution in [0, 0.1) is 5.92 Å². The number of rotatable bonds is 5. The monoisotopic (exact) mass is 432 g/mol.